The van der Waals surface area contributed by atoms with Crippen molar-refractivity contribution in [3.05, 3.63) is 60.3 Å². The van der Waals surface area contributed by atoms with E-state index in [4.69, 9.17) is 10.5 Å². The van der Waals surface area contributed by atoms with Crippen molar-refractivity contribution < 1.29 is 4.74 Å². The van der Waals surface area contributed by atoms with Gasteiger partial charge in [-0.15, -0.1) is 0 Å². The number of rotatable bonds is 4. The van der Waals surface area contributed by atoms with Gasteiger partial charge in [-0.2, -0.15) is 0 Å². The zero-order valence-corrected chi connectivity index (χ0v) is 15.4. The van der Waals surface area contributed by atoms with Crippen molar-refractivity contribution in [1.82, 2.24) is 9.97 Å². The largest absolute Gasteiger partial charge is 0.398 e. The van der Waals surface area contributed by atoms with Gasteiger partial charge >= 0.3 is 0 Å². The van der Waals surface area contributed by atoms with E-state index in [1.807, 2.05) is 43.3 Å². The topological polar surface area (TPSA) is 76.3 Å². The van der Waals surface area contributed by atoms with Crippen molar-refractivity contribution >= 4 is 23.0 Å². The molecular weight excluding hydrogens is 338 g/mol. The fourth-order valence-electron chi connectivity index (χ4n) is 3.09. The number of hydrogen-bond donors (Lipinski definition) is 2. The van der Waals surface area contributed by atoms with E-state index >= 15 is 0 Å². The molecule has 6 nitrogen and oxygen atoms in total. The van der Waals surface area contributed by atoms with Gasteiger partial charge in [0.15, 0.2) is 0 Å². The molecule has 4 rings (SSSR count). The molecule has 0 unspecified atom stereocenters. The van der Waals surface area contributed by atoms with Gasteiger partial charge in [0, 0.05) is 41.9 Å². The lowest BCUT2D eigenvalue weighted by molar-refractivity contribution is 0.122. The summed E-state index contributed by atoms with van der Waals surface area (Å²) in [5, 5.41) is 3.27. The van der Waals surface area contributed by atoms with Gasteiger partial charge in [0.1, 0.15) is 0 Å². The van der Waals surface area contributed by atoms with Gasteiger partial charge in [0.2, 0.25) is 5.95 Å². The van der Waals surface area contributed by atoms with Crippen LogP contribution in [0.25, 0.3) is 11.3 Å². The summed E-state index contributed by atoms with van der Waals surface area (Å²) in [6, 6.07) is 16.2. The number of ether oxygens (including phenoxy) is 1. The number of benzene rings is 2. The average molecular weight is 361 g/mol. The molecule has 6 heteroatoms. The molecule has 138 valence electrons. The zero-order valence-electron chi connectivity index (χ0n) is 15.4. The van der Waals surface area contributed by atoms with Crippen molar-refractivity contribution in [2.24, 2.45) is 0 Å². The van der Waals surface area contributed by atoms with Gasteiger partial charge in [-0.05, 0) is 48.9 Å². The summed E-state index contributed by atoms with van der Waals surface area (Å²) in [4.78, 5) is 11.3. The van der Waals surface area contributed by atoms with E-state index in [2.05, 4.69) is 32.3 Å². The average Bonchev–Trinajstić information content (AvgIpc) is 2.71. The summed E-state index contributed by atoms with van der Waals surface area (Å²) in [7, 11) is 0. The summed E-state index contributed by atoms with van der Waals surface area (Å²) < 4.78 is 5.41. The van der Waals surface area contributed by atoms with Crippen LogP contribution >= 0.6 is 0 Å². The van der Waals surface area contributed by atoms with E-state index in [0.29, 0.717) is 5.95 Å². The van der Waals surface area contributed by atoms with Crippen molar-refractivity contribution in [2.45, 2.75) is 6.92 Å². The first kappa shape index (κ1) is 17.3. The standard InChI is InChI=1S/C21H23N5O/c1-15-2-3-16(14-19(15)22)20-8-9-23-21(25-20)24-17-4-6-18(7-5-17)26-10-12-27-13-11-26/h2-9,14H,10-13,22H2,1H3,(H,23,24,25). The van der Waals surface area contributed by atoms with Gasteiger partial charge in [0.05, 0.1) is 18.9 Å². The summed E-state index contributed by atoms with van der Waals surface area (Å²) in [5.41, 5.74) is 11.8. The Kier molecular flexibility index (Phi) is 4.89. The molecule has 0 atom stereocenters. The summed E-state index contributed by atoms with van der Waals surface area (Å²) in [6.45, 7) is 5.41. The Morgan fingerprint density at radius 2 is 1.81 bits per heavy atom. The molecule has 1 fully saturated rings. The van der Waals surface area contributed by atoms with Gasteiger partial charge in [-0.1, -0.05) is 12.1 Å². The van der Waals surface area contributed by atoms with Crippen molar-refractivity contribution in [1.29, 1.82) is 0 Å². The van der Waals surface area contributed by atoms with Gasteiger partial charge < -0.3 is 20.7 Å². The van der Waals surface area contributed by atoms with Crippen LogP contribution in [0.15, 0.2) is 54.7 Å². The molecular formula is C21H23N5O. The number of nitrogens with one attached hydrogen (secondary N) is 1. The third-order valence-electron chi connectivity index (χ3n) is 4.73. The van der Waals surface area contributed by atoms with Crippen LogP contribution in [0.3, 0.4) is 0 Å². The number of aromatic nitrogens is 2. The normalized spacial score (nSPS) is 14.2. The quantitative estimate of drug-likeness (QED) is 0.691. The van der Waals surface area contributed by atoms with E-state index in [1.165, 1.54) is 5.69 Å². The van der Waals surface area contributed by atoms with Crippen LogP contribution < -0.4 is 16.0 Å². The van der Waals surface area contributed by atoms with E-state index in [1.54, 1.807) is 6.20 Å². The molecule has 1 aliphatic rings. The van der Waals surface area contributed by atoms with Gasteiger partial charge in [0.25, 0.3) is 0 Å². The molecule has 0 aliphatic carbocycles. The summed E-state index contributed by atoms with van der Waals surface area (Å²) >= 11 is 0. The van der Waals surface area contributed by atoms with Crippen LogP contribution in [-0.2, 0) is 4.74 Å². The molecule has 0 amide bonds. The van der Waals surface area contributed by atoms with Crippen LogP contribution in [0, 0.1) is 6.92 Å². The smallest absolute Gasteiger partial charge is 0.227 e. The van der Waals surface area contributed by atoms with Crippen LogP contribution in [-0.4, -0.2) is 36.3 Å². The predicted molar refractivity (Wildman–Crippen MR) is 109 cm³/mol. The maximum atomic E-state index is 6.02. The Bertz CT molecular complexity index is 920. The predicted octanol–water partition coefficient (Wildman–Crippen LogP) is 3.61. The molecule has 0 radical (unpaired) electrons. The molecule has 2 heterocycles. The second-order valence-corrected chi connectivity index (χ2v) is 6.61. The van der Waals surface area contributed by atoms with Crippen molar-refractivity contribution in [2.75, 3.05) is 42.3 Å². The first-order valence-electron chi connectivity index (χ1n) is 9.08. The number of anilines is 4. The third-order valence-corrected chi connectivity index (χ3v) is 4.73. The Morgan fingerprint density at radius 3 is 2.56 bits per heavy atom. The highest BCUT2D eigenvalue weighted by atomic mass is 16.5. The molecule has 0 saturated carbocycles. The third kappa shape index (κ3) is 4.01. The minimum Gasteiger partial charge on any atom is -0.398 e. The number of hydrogen-bond acceptors (Lipinski definition) is 6. The Labute approximate surface area is 159 Å². The Hall–Kier alpha value is -3.12. The minimum absolute atomic E-state index is 0.561. The van der Waals surface area contributed by atoms with Crippen LogP contribution in [0.2, 0.25) is 0 Å². The minimum atomic E-state index is 0.561. The lowest BCUT2D eigenvalue weighted by Gasteiger charge is -2.28. The fourth-order valence-corrected chi connectivity index (χ4v) is 3.09. The molecule has 0 spiro atoms. The highest BCUT2D eigenvalue weighted by molar-refractivity contribution is 5.67. The first-order chi connectivity index (χ1) is 13.2. The number of aryl methyl sites for hydroxylation is 1. The van der Waals surface area contributed by atoms with Gasteiger partial charge in [-0.3, -0.25) is 0 Å². The summed E-state index contributed by atoms with van der Waals surface area (Å²) in [6.07, 6.45) is 1.75. The van der Waals surface area contributed by atoms with Crippen LogP contribution in [0.4, 0.5) is 23.0 Å². The number of nitrogens with two attached hydrogens (primary N) is 1. The lowest BCUT2D eigenvalue weighted by atomic mass is 10.1. The van der Waals surface area contributed by atoms with Crippen molar-refractivity contribution in [3.63, 3.8) is 0 Å². The van der Waals surface area contributed by atoms with Crippen LogP contribution in [0.5, 0.6) is 0 Å². The molecule has 0 bridgehead atoms. The van der Waals surface area contributed by atoms with E-state index in [-0.39, 0.29) is 0 Å². The molecule has 1 saturated heterocycles. The fraction of sp³-hybridized carbons (Fsp3) is 0.238. The lowest BCUT2D eigenvalue weighted by Crippen LogP contribution is -2.36. The van der Waals surface area contributed by atoms with E-state index in [0.717, 1.165) is 54.5 Å². The Balaban J connectivity index is 1.50. The Morgan fingerprint density at radius 1 is 1.04 bits per heavy atom. The molecule has 3 N–H and O–H groups in total. The first-order valence-corrected chi connectivity index (χ1v) is 9.08. The second kappa shape index (κ2) is 7.63. The summed E-state index contributed by atoms with van der Waals surface area (Å²) in [5.74, 6) is 0.561. The number of nitrogen functional groups attached to an aromatic ring is 1. The van der Waals surface area contributed by atoms with E-state index in [9.17, 15) is 0 Å². The molecule has 2 aromatic carbocycles. The van der Waals surface area contributed by atoms with Crippen molar-refractivity contribution in [3.8, 4) is 11.3 Å². The van der Waals surface area contributed by atoms with E-state index < -0.39 is 0 Å². The maximum absolute atomic E-state index is 6.02. The highest BCUT2D eigenvalue weighted by Gasteiger charge is 2.11. The highest BCUT2D eigenvalue weighted by Crippen LogP contribution is 2.24. The number of morpholine rings is 1. The molecule has 1 aliphatic heterocycles. The van der Waals surface area contributed by atoms with Crippen LogP contribution in [0.1, 0.15) is 5.56 Å². The molecule has 3 aromatic rings. The maximum Gasteiger partial charge on any atom is 0.227 e. The number of nitrogens with zero attached hydrogens (tertiary/aromatic N) is 3. The SMILES string of the molecule is Cc1ccc(-c2ccnc(Nc3ccc(N4CCOCC4)cc3)n2)cc1N. The monoisotopic (exact) mass is 361 g/mol. The van der Waals surface area contributed by atoms with Gasteiger partial charge in [-0.25, -0.2) is 9.97 Å². The zero-order chi connectivity index (χ0) is 18.6. The molecule has 1 aromatic heterocycles. The second-order valence-electron chi connectivity index (χ2n) is 6.61. The molecule has 27 heavy (non-hydrogen) atoms.